The Morgan fingerprint density at radius 3 is 1.40 bits per heavy atom. The number of para-hydroxylation sites is 2. The Bertz CT molecular complexity index is 4170. The molecule has 0 N–H and O–H groups in total. The van der Waals surface area contributed by atoms with Gasteiger partial charge in [-0.2, -0.15) is 0 Å². The van der Waals surface area contributed by atoms with E-state index in [2.05, 4.69) is 276 Å². The molecule has 328 valence electrons. The van der Waals surface area contributed by atoms with Crippen LogP contribution in [0.2, 0.25) is 0 Å². The SMILES string of the molecule is c1ccc(-n2c3ccccc3c3cc(-c4ccc5c(c4)c4ccc6c7ccccc7sc6c4n5-c4ccc(-c5cccc([Si](c6ccccc6)(c6ccccc6)c6ccccc6)c5)cc4)ccc32)cc1. The Labute approximate surface area is 411 Å². The Morgan fingerprint density at radius 1 is 0.271 bits per heavy atom. The summed E-state index contributed by atoms with van der Waals surface area (Å²) in [5.74, 6) is 0. The maximum atomic E-state index is 2.52. The number of benzene rings is 11. The minimum absolute atomic E-state index is 1.15. The zero-order chi connectivity index (χ0) is 46.2. The first-order valence-corrected chi connectivity index (χ1v) is 26.9. The molecule has 0 saturated heterocycles. The Morgan fingerprint density at radius 2 is 0.743 bits per heavy atom. The molecule has 3 aromatic heterocycles. The second kappa shape index (κ2) is 16.3. The lowest BCUT2D eigenvalue weighted by molar-refractivity contribution is 1.18. The smallest absolute Gasteiger partial charge is 0.179 e. The molecule has 0 unspecified atom stereocenters. The summed E-state index contributed by atoms with van der Waals surface area (Å²) in [5.41, 5.74) is 12.0. The van der Waals surface area contributed by atoms with Gasteiger partial charge in [-0.25, -0.2) is 0 Å². The molecule has 4 heteroatoms. The standard InChI is InChI=1S/C66H44N2SSi/c1-5-19-49(20-6-1)67-61-30-15-13-28-55(61)59-43-47(34-40-62(59)67)48-35-41-63-60(44-48)57-38-39-58-56-29-14-16-31-64(56)69-66(58)65(57)68(63)50-36-32-45(33-37-50)46-18-17-27-54(42-46)70(51-21-7-2-8-22-51,52-23-9-3-10-24-52)53-25-11-4-12-26-53/h1-44H. The predicted octanol–water partition coefficient (Wildman–Crippen LogP) is 15.0. The van der Waals surface area contributed by atoms with E-state index in [0.29, 0.717) is 0 Å². The average molecular weight is 925 g/mol. The van der Waals surface area contributed by atoms with Crippen LogP contribution in [0.15, 0.2) is 267 Å². The van der Waals surface area contributed by atoms with E-state index in [4.69, 9.17) is 0 Å². The van der Waals surface area contributed by atoms with Crippen LogP contribution in [0.1, 0.15) is 0 Å². The predicted molar refractivity (Wildman–Crippen MR) is 302 cm³/mol. The average Bonchev–Trinajstić information content (AvgIpc) is 4.10. The molecule has 14 aromatic rings. The van der Waals surface area contributed by atoms with Crippen LogP contribution in [0.25, 0.3) is 97.4 Å². The van der Waals surface area contributed by atoms with Crippen molar-refractivity contribution in [1.82, 2.24) is 9.13 Å². The van der Waals surface area contributed by atoms with Crippen molar-refractivity contribution in [3.05, 3.63) is 267 Å². The summed E-state index contributed by atoms with van der Waals surface area (Å²) < 4.78 is 7.52. The highest BCUT2D eigenvalue weighted by Crippen LogP contribution is 2.44. The third-order valence-electron chi connectivity index (χ3n) is 14.7. The lowest BCUT2D eigenvalue weighted by Gasteiger charge is -2.34. The van der Waals surface area contributed by atoms with E-state index in [-0.39, 0.29) is 0 Å². The van der Waals surface area contributed by atoms with Crippen LogP contribution in [-0.2, 0) is 0 Å². The molecule has 0 amide bonds. The van der Waals surface area contributed by atoms with Gasteiger partial charge in [0.05, 0.1) is 26.8 Å². The molecular weight excluding hydrogens is 881 g/mol. The van der Waals surface area contributed by atoms with Crippen molar-refractivity contribution < 1.29 is 0 Å². The second-order valence-corrected chi connectivity index (χ2v) is 23.3. The first-order valence-electron chi connectivity index (χ1n) is 24.1. The summed E-state index contributed by atoms with van der Waals surface area (Å²) >= 11 is 1.90. The fourth-order valence-corrected chi connectivity index (χ4v) is 17.6. The first-order chi connectivity index (χ1) is 34.7. The van der Waals surface area contributed by atoms with Gasteiger partial charge in [0.25, 0.3) is 0 Å². The lowest BCUT2D eigenvalue weighted by atomic mass is 10.0. The summed E-state index contributed by atoms with van der Waals surface area (Å²) in [4.78, 5) is 0. The topological polar surface area (TPSA) is 9.86 Å². The van der Waals surface area contributed by atoms with Crippen molar-refractivity contribution in [2.24, 2.45) is 0 Å². The second-order valence-electron chi connectivity index (χ2n) is 18.4. The maximum absolute atomic E-state index is 2.69. The molecule has 0 atom stereocenters. The first kappa shape index (κ1) is 40.5. The lowest BCUT2D eigenvalue weighted by Crippen LogP contribution is -2.74. The van der Waals surface area contributed by atoms with Crippen molar-refractivity contribution in [2.75, 3.05) is 0 Å². The summed E-state index contributed by atoms with van der Waals surface area (Å²) in [6.07, 6.45) is 0. The monoisotopic (exact) mass is 924 g/mol. The molecule has 0 aliphatic heterocycles. The van der Waals surface area contributed by atoms with Gasteiger partial charge in [-0.05, 0) is 104 Å². The third-order valence-corrected chi connectivity index (χ3v) is 20.6. The number of rotatable bonds is 8. The van der Waals surface area contributed by atoms with Crippen molar-refractivity contribution in [1.29, 1.82) is 0 Å². The van der Waals surface area contributed by atoms with Crippen molar-refractivity contribution in [3.63, 3.8) is 0 Å². The van der Waals surface area contributed by atoms with Crippen molar-refractivity contribution in [2.45, 2.75) is 0 Å². The molecule has 0 bridgehead atoms. The van der Waals surface area contributed by atoms with Gasteiger partial charge in [0.2, 0.25) is 0 Å². The fourth-order valence-electron chi connectivity index (χ4n) is 11.5. The molecule has 2 nitrogen and oxygen atoms in total. The third kappa shape index (κ3) is 6.24. The van der Waals surface area contributed by atoms with Gasteiger partial charge < -0.3 is 9.13 Å². The number of hydrogen-bond acceptors (Lipinski definition) is 1. The van der Waals surface area contributed by atoms with Gasteiger partial charge in [-0.1, -0.05) is 206 Å². The molecule has 0 radical (unpaired) electrons. The van der Waals surface area contributed by atoms with E-state index >= 15 is 0 Å². The summed E-state index contributed by atoms with van der Waals surface area (Å²) in [5, 5.41) is 13.1. The molecule has 11 aromatic carbocycles. The molecule has 70 heavy (non-hydrogen) atoms. The van der Waals surface area contributed by atoms with Gasteiger partial charge in [-0.15, -0.1) is 11.3 Å². The van der Waals surface area contributed by atoms with Crippen molar-refractivity contribution >= 4 is 104 Å². The minimum atomic E-state index is -2.69. The summed E-state index contributed by atoms with van der Waals surface area (Å²) in [7, 11) is -2.69. The molecule has 0 aliphatic rings. The van der Waals surface area contributed by atoms with E-state index in [1.54, 1.807) is 0 Å². The fraction of sp³-hybridized carbons (Fsp3) is 0. The molecule has 0 saturated carbocycles. The van der Waals surface area contributed by atoms with Gasteiger partial charge in [0, 0.05) is 48.4 Å². The highest BCUT2D eigenvalue weighted by atomic mass is 32.1. The van der Waals surface area contributed by atoms with Crippen LogP contribution in [-0.4, -0.2) is 17.2 Å². The van der Waals surface area contributed by atoms with Gasteiger partial charge in [0.1, 0.15) is 0 Å². The van der Waals surface area contributed by atoms with Gasteiger partial charge >= 0.3 is 0 Å². The number of nitrogens with zero attached hydrogens (tertiary/aromatic N) is 2. The highest BCUT2D eigenvalue weighted by molar-refractivity contribution is 7.26. The van der Waals surface area contributed by atoms with Crippen LogP contribution >= 0.6 is 11.3 Å². The number of hydrogen-bond donors (Lipinski definition) is 0. The molecule has 0 aliphatic carbocycles. The number of thiophene rings is 1. The van der Waals surface area contributed by atoms with E-state index in [1.807, 2.05) is 11.3 Å². The van der Waals surface area contributed by atoms with Crippen LogP contribution < -0.4 is 20.7 Å². The zero-order valence-electron chi connectivity index (χ0n) is 38.2. The van der Waals surface area contributed by atoms with Gasteiger partial charge in [-0.3, -0.25) is 0 Å². The molecular formula is C66H44N2SSi. The Kier molecular flexibility index (Phi) is 9.44. The molecule has 14 rings (SSSR count). The van der Waals surface area contributed by atoms with E-state index in [9.17, 15) is 0 Å². The van der Waals surface area contributed by atoms with Crippen molar-refractivity contribution in [3.8, 4) is 33.6 Å². The number of aromatic nitrogens is 2. The van der Waals surface area contributed by atoms with Gasteiger partial charge in [0.15, 0.2) is 8.07 Å². The molecule has 0 spiro atoms. The minimum Gasteiger partial charge on any atom is -0.309 e. The van der Waals surface area contributed by atoms with E-state index in [0.717, 1.165) is 5.69 Å². The Hall–Kier alpha value is -8.54. The van der Waals surface area contributed by atoms with Crippen LogP contribution in [0.4, 0.5) is 0 Å². The highest BCUT2D eigenvalue weighted by Gasteiger charge is 2.41. The van der Waals surface area contributed by atoms with Crippen LogP contribution in [0, 0.1) is 0 Å². The normalized spacial score (nSPS) is 12.0. The van der Waals surface area contributed by atoms with E-state index < -0.39 is 8.07 Å². The largest absolute Gasteiger partial charge is 0.309 e. The number of fused-ring (bicyclic) bond motifs is 10. The summed E-state index contributed by atoms with van der Waals surface area (Å²) in [6.45, 7) is 0. The zero-order valence-corrected chi connectivity index (χ0v) is 40.0. The Balaban J connectivity index is 0.927. The molecule has 3 heterocycles. The quantitative estimate of drug-likeness (QED) is 0.106. The summed E-state index contributed by atoms with van der Waals surface area (Å²) in [6, 6.07) is 99.3. The van der Waals surface area contributed by atoms with Crippen LogP contribution in [0.3, 0.4) is 0 Å². The van der Waals surface area contributed by atoms with E-state index in [1.165, 1.54) is 112 Å². The maximum Gasteiger partial charge on any atom is 0.179 e. The molecule has 0 fully saturated rings. The van der Waals surface area contributed by atoms with Crippen LogP contribution in [0.5, 0.6) is 0 Å².